The maximum atomic E-state index is 13.6. The standard InChI is InChI=1S/C21H32N4O3/c1-4-6-17(26)24-11-9-21(13-24)19-16(23(3)14-22-19)7-10-25(21)20(27)18-15(5-2)8-12-28-18/h14-15,18H,4-13H2,1-3H3/t15-,18+,21?/m0/s1. The number of amides is 2. The zero-order valence-corrected chi connectivity index (χ0v) is 17.3. The summed E-state index contributed by atoms with van der Waals surface area (Å²) in [5.41, 5.74) is 1.65. The number of nitrogens with zero attached hydrogens (tertiary/aromatic N) is 4. The highest BCUT2D eigenvalue weighted by molar-refractivity contribution is 5.83. The van der Waals surface area contributed by atoms with Gasteiger partial charge < -0.3 is 19.1 Å². The molecule has 2 fully saturated rings. The summed E-state index contributed by atoms with van der Waals surface area (Å²) in [7, 11) is 2.01. The first-order valence-corrected chi connectivity index (χ1v) is 10.7. The Balaban J connectivity index is 1.68. The molecular formula is C21H32N4O3. The van der Waals surface area contributed by atoms with E-state index in [9.17, 15) is 9.59 Å². The Labute approximate surface area is 167 Å². The zero-order valence-electron chi connectivity index (χ0n) is 17.3. The molecule has 4 rings (SSSR count). The van der Waals surface area contributed by atoms with Crippen LogP contribution in [0.15, 0.2) is 6.33 Å². The SMILES string of the molecule is CCCC(=O)N1CCC2(C1)c1ncn(C)c1CCN2C(=O)[C@@H]1OCC[C@@H]1CC. The highest BCUT2D eigenvalue weighted by atomic mass is 16.5. The molecule has 3 aliphatic heterocycles. The van der Waals surface area contributed by atoms with Crippen LogP contribution in [0, 0.1) is 5.92 Å². The van der Waals surface area contributed by atoms with E-state index in [2.05, 4.69) is 11.5 Å². The van der Waals surface area contributed by atoms with Gasteiger partial charge in [0, 0.05) is 51.8 Å². The third kappa shape index (κ3) is 2.95. The summed E-state index contributed by atoms with van der Waals surface area (Å²) >= 11 is 0. The van der Waals surface area contributed by atoms with Gasteiger partial charge in [0.1, 0.15) is 11.6 Å². The number of aromatic nitrogens is 2. The highest BCUT2D eigenvalue weighted by Crippen LogP contribution is 2.43. The molecule has 4 heterocycles. The van der Waals surface area contributed by atoms with Crippen LogP contribution in [0.3, 0.4) is 0 Å². The van der Waals surface area contributed by atoms with Gasteiger partial charge in [-0.2, -0.15) is 0 Å². The van der Waals surface area contributed by atoms with Gasteiger partial charge in [-0.3, -0.25) is 9.59 Å². The molecule has 1 spiro atoms. The van der Waals surface area contributed by atoms with E-state index in [0.717, 1.165) is 37.8 Å². The van der Waals surface area contributed by atoms with Gasteiger partial charge in [-0.15, -0.1) is 0 Å². The Hall–Kier alpha value is -1.89. The van der Waals surface area contributed by atoms with Crippen LogP contribution in [0.4, 0.5) is 0 Å². The molecule has 0 saturated carbocycles. The molecule has 2 amide bonds. The smallest absolute Gasteiger partial charge is 0.252 e. The lowest BCUT2D eigenvalue weighted by atomic mass is 9.84. The summed E-state index contributed by atoms with van der Waals surface area (Å²) in [6, 6.07) is 0. The van der Waals surface area contributed by atoms with Gasteiger partial charge in [-0.1, -0.05) is 20.3 Å². The van der Waals surface area contributed by atoms with Crippen LogP contribution in [0.25, 0.3) is 0 Å². The van der Waals surface area contributed by atoms with Crippen molar-refractivity contribution >= 4 is 11.8 Å². The van der Waals surface area contributed by atoms with E-state index in [0.29, 0.717) is 32.7 Å². The number of hydrogen-bond donors (Lipinski definition) is 0. The third-order valence-corrected chi connectivity index (χ3v) is 6.90. The average Bonchev–Trinajstić information content (AvgIpc) is 3.41. The minimum atomic E-state index is -0.514. The van der Waals surface area contributed by atoms with Crippen molar-refractivity contribution in [2.45, 2.75) is 64.0 Å². The van der Waals surface area contributed by atoms with Gasteiger partial charge in [-0.05, 0) is 25.2 Å². The summed E-state index contributed by atoms with van der Waals surface area (Å²) in [4.78, 5) is 34.9. The molecule has 1 unspecified atom stereocenters. The van der Waals surface area contributed by atoms with E-state index in [1.165, 1.54) is 5.69 Å². The average molecular weight is 389 g/mol. The maximum absolute atomic E-state index is 13.6. The molecule has 2 saturated heterocycles. The summed E-state index contributed by atoms with van der Waals surface area (Å²) < 4.78 is 7.95. The van der Waals surface area contributed by atoms with Crippen molar-refractivity contribution < 1.29 is 14.3 Å². The quantitative estimate of drug-likeness (QED) is 0.789. The molecule has 0 aromatic carbocycles. The zero-order chi connectivity index (χ0) is 19.9. The predicted molar refractivity (Wildman–Crippen MR) is 105 cm³/mol. The number of likely N-dealkylation sites (tertiary alicyclic amines) is 1. The topological polar surface area (TPSA) is 67.7 Å². The Morgan fingerprint density at radius 3 is 2.89 bits per heavy atom. The molecule has 0 radical (unpaired) electrons. The van der Waals surface area contributed by atoms with Crippen molar-refractivity contribution in [2.75, 3.05) is 26.2 Å². The normalized spacial score (nSPS) is 29.5. The van der Waals surface area contributed by atoms with Crippen molar-refractivity contribution in [1.82, 2.24) is 19.4 Å². The number of carbonyl (C=O) groups excluding carboxylic acids is 2. The van der Waals surface area contributed by atoms with E-state index in [1.54, 1.807) is 0 Å². The fourth-order valence-corrected chi connectivity index (χ4v) is 5.29. The van der Waals surface area contributed by atoms with Crippen LogP contribution in [-0.4, -0.2) is 63.5 Å². The summed E-state index contributed by atoms with van der Waals surface area (Å²) in [6.45, 7) is 6.71. The molecule has 1 aromatic rings. The van der Waals surface area contributed by atoms with Crippen molar-refractivity contribution in [1.29, 1.82) is 0 Å². The van der Waals surface area contributed by atoms with Crippen LogP contribution in [0.1, 0.15) is 57.3 Å². The minimum Gasteiger partial charge on any atom is -0.368 e. The Bertz CT molecular complexity index is 761. The molecule has 28 heavy (non-hydrogen) atoms. The van der Waals surface area contributed by atoms with Gasteiger partial charge in [-0.25, -0.2) is 4.98 Å². The molecule has 0 aliphatic carbocycles. The van der Waals surface area contributed by atoms with Crippen LogP contribution < -0.4 is 0 Å². The van der Waals surface area contributed by atoms with Gasteiger partial charge in [0.2, 0.25) is 5.91 Å². The van der Waals surface area contributed by atoms with Crippen molar-refractivity contribution in [3.63, 3.8) is 0 Å². The lowest BCUT2D eigenvalue weighted by Crippen LogP contribution is -2.58. The van der Waals surface area contributed by atoms with Gasteiger partial charge in [0.15, 0.2) is 0 Å². The monoisotopic (exact) mass is 388 g/mol. The maximum Gasteiger partial charge on any atom is 0.252 e. The largest absolute Gasteiger partial charge is 0.368 e. The number of carbonyl (C=O) groups is 2. The molecule has 0 bridgehead atoms. The molecule has 154 valence electrons. The van der Waals surface area contributed by atoms with Crippen LogP contribution in [-0.2, 0) is 33.3 Å². The molecule has 1 aromatic heterocycles. The number of ether oxygens (including phenoxy) is 1. The summed E-state index contributed by atoms with van der Waals surface area (Å²) in [5, 5.41) is 0. The number of imidazole rings is 1. The fraction of sp³-hybridized carbons (Fsp3) is 0.762. The number of hydrogen-bond acceptors (Lipinski definition) is 4. The van der Waals surface area contributed by atoms with Crippen molar-refractivity contribution in [2.24, 2.45) is 13.0 Å². The van der Waals surface area contributed by atoms with Gasteiger partial charge >= 0.3 is 0 Å². The fourth-order valence-electron chi connectivity index (χ4n) is 5.29. The third-order valence-electron chi connectivity index (χ3n) is 6.90. The molecule has 7 nitrogen and oxygen atoms in total. The van der Waals surface area contributed by atoms with Gasteiger partial charge in [0.05, 0.1) is 12.0 Å². The van der Waals surface area contributed by atoms with Crippen LogP contribution >= 0.6 is 0 Å². The number of fused-ring (bicyclic) bond motifs is 2. The predicted octanol–water partition coefficient (Wildman–Crippen LogP) is 1.85. The summed E-state index contributed by atoms with van der Waals surface area (Å²) in [6.07, 6.45) is 6.34. The van der Waals surface area contributed by atoms with Crippen LogP contribution in [0.5, 0.6) is 0 Å². The minimum absolute atomic E-state index is 0.0884. The number of aryl methyl sites for hydroxylation is 1. The second-order valence-electron chi connectivity index (χ2n) is 8.49. The second kappa shape index (κ2) is 7.50. The first kappa shape index (κ1) is 19.4. The second-order valence-corrected chi connectivity index (χ2v) is 8.49. The van der Waals surface area contributed by atoms with Gasteiger partial charge in [0.25, 0.3) is 5.91 Å². The molecular weight excluding hydrogens is 356 g/mol. The lowest BCUT2D eigenvalue weighted by molar-refractivity contribution is -0.151. The van der Waals surface area contributed by atoms with Crippen molar-refractivity contribution in [3.05, 3.63) is 17.7 Å². The highest BCUT2D eigenvalue weighted by Gasteiger charge is 2.54. The summed E-state index contributed by atoms with van der Waals surface area (Å²) in [5.74, 6) is 0.553. The van der Waals surface area contributed by atoms with E-state index >= 15 is 0 Å². The Morgan fingerprint density at radius 2 is 2.14 bits per heavy atom. The first-order valence-electron chi connectivity index (χ1n) is 10.7. The van der Waals surface area contributed by atoms with E-state index < -0.39 is 5.54 Å². The van der Waals surface area contributed by atoms with E-state index in [4.69, 9.17) is 9.72 Å². The molecule has 7 heteroatoms. The molecule has 3 aliphatic rings. The first-order chi connectivity index (χ1) is 13.5. The molecule has 0 N–H and O–H groups in total. The number of rotatable bonds is 4. The van der Waals surface area contributed by atoms with Crippen LogP contribution in [0.2, 0.25) is 0 Å². The van der Waals surface area contributed by atoms with Crippen molar-refractivity contribution in [3.8, 4) is 0 Å². The van der Waals surface area contributed by atoms with E-state index in [1.807, 2.05) is 30.1 Å². The van der Waals surface area contributed by atoms with E-state index in [-0.39, 0.29) is 23.8 Å². The molecule has 3 atom stereocenters. The Morgan fingerprint density at radius 1 is 1.32 bits per heavy atom. The lowest BCUT2D eigenvalue weighted by Gasteiger charge is -2.45. The Kier molecular flexibility index (Phi) is 5.21.